The first-order valence-corrected chi connectivity index (χ1v) is 8.44. The molecule has 1 saturated heterocycles. The molecule has 1 aromatic rings. The molecule has 6 nitrogen and oxygen atoms in total. The maximum Gasteiger partial charge on any atom is 0.358 e. The average Bonchev–Trinajstić information content (AvgIpc) is 2.83. The molecule has 1 aromatic heterocycles. The van der Waals surface area contributed by atoms with Crippen LogP contribution in [0.25, 0.3) is 0 Å². The molecule has 0 aromatic carbocycles. The lowest BCUT2D eigenvalue weighted by Crippen LogP contribution is -2.30. The molecule has 3 rings (SSSR count). The fourth-order valence-electron chi connectivity index (χ4n) is 2.80. The molecule has 0 N–H and O–H groups in total. The number of aromatic nitrogens is 1. The van der Waals surface area contributed by atoms with Crippen molar-refractivity contribution in [2.75, 3.05) is 6.61 Å². The molecule has 25 heavy (non-hydrogen) atoms. The van der Waals surface area contributed by atoms with E-state index >= 15 is 0 Å². The Morgan fingerprint density at radius 1 is 1.40 bits per heavy atom. The Labute approximate surface area is 154 Å². The molecule has 1 atom stereocenters. The van der Waals surface area contributed by atoms with Crippen LogP contribution in [0.1, 0.15) is 29.5 Å². The predicted molar refractivity (Wildman–Crippen MR) is 91.1 cm³/mol. The topological polar surface area (TPSA) is 76.6 Å². The van der Waals surface area contributed by atoms with Crippen LogP contribution < -0.4 is 0 Å². The van der Waals surface area contributed by atoms with Crippen LogP contribution in [-0.2, 0) is 20.9 Å². The number of allylic oxidation sites excluding steroid dienone is 3. The van der Waals surface area contributed by atoms with Crippen molar-refractivity contribution >= 4 is 41.0 Å². The highest BCUT2D eigenvalue weighted by Crippen LogP contribution is 2.33. The van der Waals surface area contributed by atoms with Crippen LogP contribution in [0.3, 0.4) is 0 Å². The summed E-state index contributed by atoms with van der Waals surface area (Å²) < 4.78 is 4.90. The minimum absolute atomic E-state index is 0.0245. The van der Waals surface area contributed by atoms with Gasteiger partial charge in [-0.25, -0.2) is 9.78 Å². The van der Waals surface area contributed by atoms with Crippen molar-refractivity contribution in [2.24, 2.45) is 5.92 Å². The highest BCUT2D eigenvalue weighted by atomic mass is 35.5. The van der Waals surface area contributed by atoms with E-state index in [1.165, 1.54) is 6.07 Å². The van der Waals surface area contributed by atoms with Gasteiger partial charge in [-0.1, -0.05) is 41.4 Å². The van der Waals surface area contributed by atoms with Gasteiger partial charge in [0, 0.05) is 5.57 Å². The lowest BCUT2D eigenvalue weighted by atomic mass is 9.94. The molecule has 1 aliphatic heterocycles. The first-order valence-electron chi connectivity index (χ1n) is 7.68. The monoisotopic (exact) mass is 380 g/mol. The molecule has 1 unspecified atom stereocenters. The number of halogens is 2. The van der Waals surface area contributed by atoms with Crippen molar-refractivity contribution in [3.8, 4) is 0 Å². The number of esters is 1. The van der Waals surface area contributed by atoms with Crippen LogP contribution in [0, 0.1) is 5.92 Å². The number of hydrogen-bond acceptors (Lipinski definition) is 5. The third kappa shape index (κ3) is 3.19. The molecular weight excluding hydrogens is 367 g/mol. The summed E-state index contributed by atoms with van der Waals surface area (Å²) in [6.45, 7) is 1.72. The van der Waals surface area contributed by atoms with Crippen molar-refractivity contribution in [1.82, 2.24) is 9.88 Å². The summed E-state index contributed by atoms with van der Waals surface area (Å²) >= 11 is 12.1. The van der Waals surface area contributed by atoms with E-state index in [-0.39, 0.29) is 46.4 Å². The van der Waals surface area contributed by atoms with Crippen molar-refractivity contribution in [3.05, 3.63) is 51.3 Å². The van der Waals surface area contributed by atoms with Gasteiger partial charge in [0.1, 0.15) is 0 Å². The Balaban J connectivity index is 1.90. The highest BCUT2D eigenvalue weighted by Gasteiger charge is 2.43. The Hall–Kier alpha value is -2.18. The summed E-state index contributed by atoms with van der Waals surface area (Å²) in [7, 11) is 0. The third-order valence-electron chi connectivity index (χ3n) is 3.97. The van der Waals surface area contributed by atoms with E-state index < -0.39 is 11.9 Å². The van der Waals surface area contributed by atoms with Crippen molar-refractivity contribution in [2.45, 2.75) is 19.9 Å². The first kappa shape index (κ1) is 17.6. The molecule has 0 saturated carbocycles. The fourth-order valence-corrected chi connectivity index (χ4v) is 3.19. The lowest BCUT2D eigenvalue weighted by Gasteiger charge is -2.15. The summed E-state index contributed by atoms with van der Waals surface area (Å²) in [5.74, 6) is -1.81. The van der Waals surface area contributed by atoms with Gasteiger partial charge in [0.15, 0.2) is 5.69 Å². The summed E-state index contributed by atoms with van der Waals surface area (Å²) in [5.41, 5.74) is 0.618. The van der Waals surface area contributed by atoms with Crippen LogP contribution in [-0.4, -0.2) is 34.3 Å². The number of pyridine rings is 1. The zero-order chi connectivity index (χ0) is 18.1. The molecule has 0 radical (unpaired) electrons. The van der Waals surface area contributed by atoms with Gasteiger partial charge < -0.3 is 4.74 Å². The highest BCUT2D eigenvalue weighted by molar-refractivity contribution is 6.43. The summed E-state index contributed by atoms with van der Waals surface area (Å²) in [5, 5.41) is 0.0793. The number of amides is 2. The molecule has 1 aliphatic carbocycles. The van der Waals surface area contributed by atoms with Gasteiger partial charge in [-0.3, -0.25) is 14.5 Å². The standard InChI is InChI=1S/C17H14Cl2N2O4/c1-2-25-17(24)14-13(19)12(18)7-9(20-14)8-21-15(22)10-5-3-4-6-11(10)16(21)23/h3-5,7,11H,2,6,8H2,1H3. The Morgan fingerprint density at radius 2 is 2.16 bits per heavy atom. The maximum atomic E-state index is 12.5. The minimum Gasteiger partial charge on any atom is -0.461 e. The summed E-state index contributed by atoms with van der Waals surface area (Å²) in [6, 6.07) is 1.43. The molecule has 8 heteroatoms. The predicted octanol–water partition coefficient (Wildman–Crippen LogP) is 2.94. The lowest BCUT2D eigenvalue weighted by molar-refractivity contribution is -0.139. The Bertz CT molecular complexity index is 832. The molecule has 2 aliphatic rings. The van der Waals surface area contributed by atoms with E-state index in [4.69, 9.17) is 27.9 Å². The largest absolute Gasteiger partial charge is 0.461 e. The SMILES string of the molecule is CCOC(=O)c1nc(CN2C(=O)C3=CC=CCC3C2=O)cc(Cl)c1Cl. The van der Waals surface area contributed by atoms with E-state index in [1.54, 1.807) is 19.1 Å². The fraction of sp³-hybridized carbons (Fsp3) is 0.294. The number of fused-ring (bicyclic) bond motifs is 1. The molecule has 0 spiro atoms. The quantitative estimate of drug-likeness (QED) is 0.592. The van der Waals surface area contributed by atoms with E-state index in [1.807, 2.05) is 6.08 Å². The molecule has 0 bridgehead atoms. The van der Waals surface area contributed by atoms with Gasteiger partial charge in [-0.15, -0.1) is 0 Å². The van der Waals surface area contributed by atoms with Crippen molar-refractivity contribution in [3.63, 3.8) is 0 Å². The second-order valence-electron chi connectivity index (χ2n) is 5.55. The van der Waals surface area contributed by atoms with Gasteiger partial charge in [-0.2, -0.15) is 0 Å². The number of carbonyl (C=O) groups is 3. The second-order valence-corrected chi connectivity index (χ2v) is 6.33. The number of carbonyl (C=O) groups excluding carboxylic acids is 3. The number of hydrogen-bond donors (Lipinski definition) is 0. The van der Waals surface area contributed by atoms with Crippen molar-refractivity contribution < 1.29 is 19.1 Å². The number of nitrogens with zero attached hydrogens (tertiary/aromatic N) is 2. The number of likely N-dealkylation sites (tertiary alicyclic amines) is 1. The molecular formula is C17H14Cl2N2O4. The smallest absolute Gasteiger partial charge is 0.358 e. The van der Waals surface area contributed by atoms with Gasteiger partial charge in [0.25, 0.3) is 5.91 Å². The number of ether oxygens (including phenoxy) is 1. The van der Waals surface area contributed by atoms with Crippen molar-refractivity contribution in [1.29, 1.82) is 0 Å². The molecule has 130 valence electrons. The van der Waals surface area contributed by atoms with Gasteiger partial charge >= 0.3 is 5.97 Å². The van der Waals surface area contributed by atoms with Crippen LogP contribution >= 0.6 is 23.2 Å². The van der Waals surface area contributed by atoms with Gasteiger partial charge in [0.2, 0.25) is 5.91 Å². The van der Waals surface area contributed by atoms with Crippen LogP contribution in [0.2, 0.25) is 10.0 Å². The summed E-state index contributed by atoms with van der Waals surface area (Å²) in [6.07, 6.45) is 5.76. The van der Waals surface area contributed by atoms with Crippen LogP contribution in [0.15, 0.2) is 29.9 Å². The van der Waals surface area contributed by atoms with Gasteiger partial charge in [-0.05, 0) is 19.4 Å². The van der Waals surface area contributed by atoms with E-state index in [0.717, 1.165) is 4.90 Å². The van der Waals surface area contributed by atoms with E-state index in [2.05, 4.69) is 4.98 Å². The summed E-state index contributed by atoms with van der Waals surface area (Å²) in [4.78, 5) is 42.1. The normalized spacial score (nSPS) is 19.1. The Kier molecular flexibility index (Phi) is 4.92. The number of imide groups is 1. The van der Waals surface area contributed by atoms with Crippen LogP contribution in [0.5, 0.6) is 0 Å². The maximum absolute atomic E-state index is 12.5. The first-order chi connectivity index (χ1) is 11.9. The van der Waals surface area contributed by atoms with E-state index in [9.17, 15) is 14.4 Å². The molecule has 2 heterocycles. The minimum atomic E-state index is -0.712. The third-order valence-corrected chi connectivity index (χ3v) is 4.75. The zero-order valence-electron chi connectivity index (χ0n) is 13.3. The average molecular weight is 381 g/mol. The molecule has 2 amide bonds. The number of rotatable bonds is 4. The van der Waals surface area contributed by atoms with Crippen LogP contribution in [0.4, 0.5) is 0 Å². The van der Waals surface area contributed by atoms with Gasteiger partial charge in [0.05, 0.1) is 34.8 Å². The van der Waals surface area contributed by atoms with E-state index in [0.29, 0.717) is 12.0 Å². The zero-order valence-corrected chi connectivity index (χ0v) is 14.8. The Morgan fingerprint density at radius 3 is 2.84 bits per heavy atom. The second kappa shape index (κ2) is 6.98. The molecule has 1 fully saturated rings.